The Morgan fingerprint density at radius 2 is 0.500 bits per heavy atom. The summed E-state index contributed by atoms with van der Waals surface area (Å²) in [7, 11) is -9.91. The maximum atomic E-state index is 13.1. The Bertz CT molecular complexity index is 1890. The van der Waals surface area contributed by atoms with Crippen LogP contribution in [0.1, 0.15) is 389 Å². The lowest BCUT2D eigenvalue weighted by atomic mass is 10.00. The summed E-state index contributed by atoms with van der Waals surface area (Å²) in [5, 5.41) is 10.6. The first-order valence-corrected chi connectivity index (χ1v) is 42.7. The van der Waals surface area contributed by atoms with Crippen molar-refractivity contribution in [1.82, 2.24) is 0 Å². The van der Waals surface area contributed by atoms with Gasteiger partial charge in [-0.25, -0.2) is 9.13 Å². The fraction of sp³-hybridized carbons (Fsp3) is 0.948. The third-order valence-electron chi connectivity index (χ3n) is 18.2. The lowest BCUT2D eigenvalue weighted by Gasteiger charge is -2.21. The van der Waals surface area contributed by atoms with Crippen LogP contribution in [0.4, 0.5) is 0 Å². The second-order valence-electron chi connectivity index (χ2n) is 29.4. The molecule has 0 heterocycles. The summed E-state index contributed by atoms with van der Waals surface area (Å²) < 4.78 is 68.5. The third kappa shape index (κ3) is 69.2. The Morgan fingerprint density at radius 1 is 0.292 bits per heavy atom. The molecule has 0 saturated heterocycles. The summed E-state index contributed by atoms with van der Waals surface area (Å²) in [6.45, 7) is 14.1. The van der Waals surface area contributed by atoms with Crippen LogP contribution in [0, 0.1) is 23.7 Å². The molecule has 17 nitrogen and oxygen atoms in total. The molecule has 3 unspecified atom stereocenters. The Morgan fingerprint density at radius 3 is 0.740 bits per heavy atom. The minimum atomic E-state index is -4.96. The van der Waals surface area contributed by atoms with E-state index in [-0.39, 0.29) is 25.7 Å². The summed E-state index contributed by atoms with van der Waals surface area (Å²) in [5.41, 5.74) is 0. The maximum Gasteiger partial charge on any atom is 0.472 e. The van der Waals surface area contributed by atoms with Crippen molar-refractivity contribution < 1.29 is 80.2 Å². The van der Waals surface area contributed by atoms with Crippen LogP contribution in [0.5, 0.6) is 0 Å². The van der Waals surface area contributed by atoms with Gasteiger partial charge in [0.2, 0.25) is 0 Å². The van der Waals surface area contributed by atoms with E-state index < -0.39 is 97.5 Å². The number of phosphoric ester groups is 2. The summed E-state index contributed by atoms with van der Waals surface area (Å²) in [4.78, 5) is 72.7. The second kappa shape index (κ2) is 66.3. The van der Waals surface area contributed by atoms with Crippen molar-refractivity contribution >= 4 is 39.5 Å². The first-order chi connectivity index (χ1) is 46.1. The van der Waals surface area contributed by atoms with Gasteiger partial charge in [-0.1, -0.05) is 338 Å². The van der Waals surface area contributed by atoms with Crippen molar-refractivity contribution in [2.45, 2.75) is 408 Å². The number of unbranched alkanes of at least 4 members (excludes halogenated alkanes) is 39. The van der Waals surface area contributed by atoms with Gasteiger partial charge in [-0.2, -0.15) is 0 Å². The summed E-state index contributed by atoms with van der Waals surface area (Å²) in [5.74, 6) is 0.886. The molecule has 0 aromatic carbocycles. The predicted molar refractivity (Wildman–Crippen MR) is 391 cm³/mol. The lowest BCUT2D eigenvalue weighted by Crippen LogP contribution is -2.30. The smallest absolute Gasteiger partial charge is 0.462 e. The van der Waals surface area contributed by atoms with Gasteiger partial charge >= 0.3 is 39.5 Å². The zero-order valence-electron chi connectivity index (χ0n) is 63.0. The van der Waals surface area contributed by atoms with Gasteiger partial charge in [-0.15, -0.1) is 0 Å². The Kier molecular flexibility index (Phi) is 65.0. The molecule has 0 fully saturated rings. The van der Waals surface area contributed by atoms with Gasteiger partial charge in [-0.05, 0) is 49.4 Å². The Labute approximate surface area is 588 Å². The van der Waals surface area contributed by atoms with E-state index in [1.165, 1.54) is 186 Å². The zero-order valence-corrected chi connectivity index (χ0v) is 64.8. The van der Waals surface area contributed by atoms with Crippen LogP contribution in [0.3, 0.4) is 0 Å². The van der Waals surface area contributed by atoms with Crippen LogP contribution in [0.15, 0.2) is 0 Å². The molecule has 96 heavy (non-hydrogen) atoms. The number of rotatable bonds is 74. The van der Waals surface area contributed by atoms with Crippen LogP contribution < -0.4 is 0 Å². The second-order valence-corrected chi connectivity index (χ2v) is 32.3. The molecule has 6 atom stereocenters. The van der Waals surface area contributed by atoms with Gasteiger partial charge in [0.1, 0.15) is 19.3 Å². The van der Waals surface area contributed by atoms with E-state index in [0.29, 0.717) is 31.6 Å². The molecule has 19 heteroatoms. The van der Waals surface area contributed by atoms with Gasteiger partial charge in [-0.3, -0.25) is 37.3 Å². The van der Waals surface area contributed by atoms with Crippen molar-refractivity contribution in [3.8, 4) is 0 Å². The normalized spacial score (nSPS) is 14.4. The molecule has 0 aromatic rings. The first-order valence-electron chi connectivity index (χ1n) is 39.7. The molecule has 0 amide bonds. The predicted octanol–water partition coefficient (Wildman–Crippen LogP) is 22.4. The molecule has 0 bridgehead atoms. The standard InChI is InChI=1S/C77H150O17P2/c1-9-70(8)56-48-40-34-36-42-50-58-75(80)88-64-73(94-77(82)60-52-44-35-33-39-47-55-69(6)7)66-92-96(85,86)90-62-71(78)61-89-95(83,84)91-65-72(63-87-74(79)57-49-41-31-27-23-20-16-18-22-26-30-38-46-54-68(4)5)93-76(81)59-51-43-32-28-24-19-15-13-11-10-12-14-17-21-25-29-37-45-53-67(2)3/h67-73,78H,9-66H2,1-8H3,(H,83,84)(H,85,86)/t70?,71-,72-,73-/m1/s1. The Balaban J connectivity index is 5.19. The van der Waals surface area contributed by atoms with Crippen LogP contribution >= 0.6 is 15.6 Å². The van der Waals surface area contributed by atoms with E-state index in [2.05, 4.69) is 55.4 Å². The number of esters is 4. The zero-order chi connectivity index (χ0) is 71.0. The van der Waals surface area contributed by atoms with E-state index >= 15 is 0 Å². The van der Waals surface area contributed by atoms with Gasteiger partial charge in [0.25, 0.3) is 0 Å². The van der Waals surface area contributed by atoms with Gasteiger partial charge in [0.05, 0.1) is 26.4 Å². The average molecular weight is 1410 g/mol. The van der Waals surface area contributed by atoms with Crippen molar-refractivity contribution in [1.29, 1.82) is 0 Å². The fourth-order valence-electron chi connectivity index (χ4n) is 11.7. The minimum absolute atomic E-state index is 0.101. The molecule has 570 valence electrons. The first kappa shape index (κ1) is 94.1. The van der Waals surface area contributed by atoms with Gasteiger partial charge in [0.15, 0.2) is 12.2 Å². The molecular weight excluding hydrogens is 1260 g/mol. The number of carbonyl (C=O) groups excluding carboxylic acids is 4. The Hall–Kier alpha value is -1.94. The number of ether oxygens (including phenoxy) is 4. The number of aliphatic hydroxyl groups excluding tert-OH is 1. The molecule has 0 aliphatic rings. The number of hydrogen-bond donors (Lipinski definition) is 3. The van der Waals surface area contributed by atoms with Gasteiger partial charge in [0, 0.05) is 25.7 Å². The van der Waals surface area contributed by atoms with Crippen molar-refractivity contribution in [2.75, 3.05) is 39.6 Å². The molecule has 0 aliphatic carbocycles. The quantitative estimate of drug-likeness (QED) is 0.0222. The molecule has 0 spiro atoms. The van der Waals surface area contributed by atoms with Crippen LogP contribution in [-0.4, -0.2) is 96.7 Å². The summed E-state index contributed by atoms with van der Waals surface area (Å²) >= 11 is 0. The van der Waals surface area contributed by atoms with Crippen LogP contribution in [-0.2, 0) is 65.4 Å². The van der Waals surface area contributed by atoms with Crippen LogP contribution in [0.25, 0.3) is 0 Å². The highest BCUT2D eigenvalue weighted by atomic mass is 31.2. The molecule has 0 radical (unpaired) electrons. The number of hydrogen-bond acceptors (Lipinski definition) is 15. The van der Waals surface area contributed by atoms with Gasteiger partial charge < -0.3 is 33.8 Å². The highest BCUT2D eigenvalue weighted by Gasteiger charge is 2.30. The van der Waals surface area contributed by atoms with E-state index in [1.54, 1.807) is 0 Å². The van der Waals surface area contributed by atoms with E-state index in [9.17, 15) is 43.2 Å². The van der Waals surface area contributed by atoms with Crippen molar-refractivity contribution in [2.24, 2.45) is 23.7 Å². The summed E-state index contributed by atoms with van der Waals surface area (Å²) in [6, 6.07) is 0. The highest BCUT2D eigenvalue weighted by Crippen LogP contribution is 2.45. The molecular formula is C77H150O17P2. The monoisotopic (exact) mass is 1410 g/mol. The van der Waals surface area contributed by atoms with Crippen molar-refractivity contribution in [3.05, 3.63) is 0 Å². The average Bonchev–Trinajstić information content (AvgIpc) is 1.33. The van der Waals surface area contributed by atoms with E-state index in [1.807, 2.05) is 0 Å². The molecule has 0 saturated carbocycles. The number of aliphatic hydroxyl groups is 1. The molecule has 0 rings (SSSR count). The largest absolute Gasteiger partial charge is 0.472 e. The lowest BCUT2D eigenvalue weighted by molar-refractivity contribution is -0.161. The molecule has 3 N–H and O–H groups in total. The summed E-state index contributed by atoms with van der Waals surface area (Å²) in [6.07, 6.45) is 51.7. The highest BCUT2D eigenvalue weighted by molar-refractivity contribution is 7.47. The van der Waals surface area contributed by atoms with E-state index in [0.717, 1.165) is 114 Å². The minimum Gasteiger partial charge on any atom is -0.462 e. The number of carbonyl (C=O) groups is 4. The fourth-order valence-corrected chi connectivity index (χ4v) is 13.3. The number of phosphoric acid groups is 2. The van der Waals surface area contributed by atoms with E-state index in [4.69, 9.17) is 37.0 Å². The van der Waals surface area contributed by atoms with Crippen molar-refractivity contribution in [3.63, 3.8) is 0 Å². The third-order valence-corrected chi connectivity index (χ3v) is 20.1. The SMILES string of the molecule is CCC(C)CCCCCCCCC(=O)OC[C@H](COP(=O)(O)OC[C@H](O)COP(=O)(O)OC[C@@H](COC(=O)CCCCCCCCCCCCCCCC(C)C)OC(=O)CCCCCCCCCCCCCCCCCCCCC(C)C)OC(=O)CCCCCCCCC(C)C. The maximum absolute atomic E-state index is 13.1. The molecule has 0 aromatic heterocycles. The van der Waals surface area contributed by atoms with Crippen LogP contribution in [0.2, 0.25) is 0 Å². The topological polar surface area (TPSA) is 237 Å². The molecule has 0 aliphatic heterocycles.